The smallest absolute Gasteiger partial charge is 0.238 e. The minimum atomic E-state index is -0.0471. The van der Waals surface area contributed by atoms with Gasteiger partial charge in [-0.2, -0.15) is 0 Å². The number of carbonyl (C=O) groups is 2. The predicted octanol–water partition coefficient (Wildman–Crippen LogP) is 4.27. The van der Waals surface area contributed by atoms with Crippen LogP contribution < -0.4 is 15.1 Å². The molecular formula is C22H25N3O2S. The average Bonchev–Trinajstić information content (AvgIpc) is 3.02. The van der Waals surface area contributed by atoms with Gasteiger partial charge in [-0.05, 0) is 54.8 Å². The second-order valence-electron chi connectivity index (χ2n) is 7.58. The van der Waals surface area contributed by atoms with Crippen LogP contribution in [0, 0.1) is 5.92 Å². The first-order valence-electron chi connectivity index (χ1n) is 9.65. The van der Waals surface area contributed by atoms with Crippen molar-refractivity contribution in [2.75, 3.05) is 35.0 Å². The van der Waals surface area contributed by atoms with Gasteiger partial charge in [0.1, 0.15) is 5.37 Å². The van der Waals surface area contributed by atoms with Crippen LogP contribution in [0.2, 0.25) is 0 Å². The molecule has 1 atom stereocenters. The van der Waals surface area contributed by atoms with Crippen LogP contribution in [-0.2, 0) is 9.59 Å². The van der Waals surface area contributed by atoms with Crippen LogP contribution in [0.25, 0.3) is 0 Å². The van der Waals surface area contributed by atoms with Gasteiger partial charge < -0.3 is 10.2 Å². The van der Waals surface area contributed by atoms with E-state index in [9.17, 15) is 9.59 Å². The number of nitrogens with zero attached hydrogens (tertiary/aromatic N) is 2. The lowest BCUT2D eigenvalue weighted by atomic mass is 9.85. The molecule has 146 valence electrons. The molecule has 0 bridgehead atoms. The van der Waals surface area contributed by atoms with Crippen molar-refractivity contribution in [3.05, 3.63) is 54.1 Å². The second kappa shape index (κ2) is 7.87. The Morgan fingerprint density at radius 3 is 2.32 bits per heavy atom. The number of amides is 2. The van der Waals surface area contributed by atoms with Crippen LogP contribution >= 0.6 is 11.8 Å². The van der Waals surface area contributed by atoms with E-state index in [2.05, 4.69) is 5.32 Å². The van der Waals surface area contributed by atoms with E-state index in [4.69, 9.17) is 0 Å². The van der Waals surface area contributed by atoms with Gasteiger partial charge in [0.2, 0.25) is 11.8 Å². The van der Waals surface area contributed by atoms with Crippen LogP contribution in [0.5, 0.6) is 0 Å². The molecule has 0 aromatic heterocycles. The third-order valence-electron chi connectivity index (χ3n) is 5.45. The number of thioether (sulfide) groups is 1. The normalized spacial score (nSPS) is 19.4. The number of benzene rings is 2. The molecular weight excluding hydrogens is 370 g/mol. The van der Waals surface area contributed by atoms with Crippen molar-refractivity contribution in [3.63, 3.8) is 0 Å². The Hall–Kier alpha value is -2.47. The molecule has 0 unspecified atom stereocenters. The third kappa shape index (κ3) is 3.74. The maximum Gasteiger partial charge on any atom is 0.238 e. The lowest BCUT2D eigenvalue weighted by Gasteiger charge is -2.26. The maximum atomic E-state index is 12.5. The van der Waals surface area contributed by atoms with E-state index in [0.717, 1.165) is 41.9 Å². The second-order valence-corrected chi connectivity index (χ2v) is 8.65. The van der Waals surface area contributed by atoms with Gasteiger partial charge in [-0.3, -0.25) is 14.5 Å². The fraction of sp³-hybridized carbons (Fsp3) is 0.364. The Bertz CT molecular complexity index is 860. The number of rotatable bonds is 5. The van der Waals surface area contributed by atoms with E-state index in [1.54, 1.807) is 11.8 Å². The van der Waals surface area contributed by atoms with Crippen LogP contribution in [-0.4, -0.2) is 31.7 Å². The third-order valence-corrected chi connectivity index (χ3v) is 6.66. The van der Waals surface area contributed by atoms with E-state index in [0.29, 0.717) is 5.75 Å². The summed E-state index contributed by atoms with van der Waals surface area (Å²) in [5.74, 6) is 0.880. The summed E-state index contributed by atoms with van der Waals surface area (Å²) in [7, 11) is 4.00. The molecule has 1 aliphatic heterocycles. The zero-order valence-electron chi connectivity index (χ0n) is 16.2. The van der Waals surface area contributed by atoms with E-state index < -0.39 is 0 Å². The first kappa shape index (κ1) is 18.9. The average molecular weight is 396 g/mol. The molecule has 2 fully saturated rings. The first-order chi connectivity index (χ1) is 13.5. The van der Waals surface area contributed by atoms with Crippen molar-refractivity contribution >= 4 is 40.6 Å². The highest BCUT2D eigenvalue weighted by Gasteiger charge is 2.34. The van der Waals surface area contributed by atoms with Gasteiger partial charge in [0, 0.05) is 37.1 Å². The Kier molecular flexibility index (Phi) is 5.31. The van der Waals surface area contributed by atoms with Crippen molar-refractivity contribution in [1.29, 1.82) is 0 Å². The molecule has 2 amide bonds. The van der Waals surface area contributed by atoms with Crippen molar-refractivity contribution < 1.29 is 9.59 Å². The summed E-state index contributed by atoms with van der Waals surface area (Å²) >= 11 is 1.63. The molecule has 2 aromatic carbocycles. The quantitative estimate of drug-likeness (QED) is 0.821. The first-order valence-corrected chi connectivity index (χ1v) is 10.7. The van der Waals surface area contributed by atoms with Gasteiger partial charge in [-0.1, -0.05) is 18.6 Å². The molecule has 2 aromatic rings. The summed E-state index contributed by atoms with van der Waals surface area (Å²) in [5.41, 5.74) is 3.89. The van der Waals surface area contributed by atoms with E-state index in [-0.39, 0.29) is 23.1 Å². The number of carbonyl (C=O) groups excluding carboxylic acids is 2. The molecule has 1 saturated carbocycles. The summed E-state index contributed by atoms with van der Waals surface area (Å²) in [6.45, 7) is 0. The Labute approximate surface area is 170 Å². The van der Waals surface area contributed by atoms with Crippen molar-refractivity contribution in [1.82, 2.24) is 0 Å². The number of hydrogen-bond donors (Lipinski definition) is 1. The van der Waals surface area contributed by atoms with Gasteiger partial charge in [-0.25, -0.2) is 0 Å². The fourth-order valence-corrected chi connectivity index (χ4v) is 4.68. The van der Waals surface area contributed by atoms with Crippen LogP contribution in [0.4, 0.5) is 17.1 Å². The van der Waals surface area contributed by atoms with Gasteiger partial charge >= 0.3 is 0 Å². The minimum Gasteiger partial charge on any atom is -0.378 e. The standard InChI is InChI=1S/C22H25N3O2S/c1-24(2)18-10-12-19(13-11-18)25-20(26)14-28-22(25)16-6-8-17(9-7-16)23-21(27)15-4-3-5-15/h6-13,15,22H,3-5,14H2,1-2H3,(H,23,27)/t22-/m0/s1. The summed E-state index contributed by atoms with van der Waals surface area (Å²) in [4.78, 5) is 28.6. The molecule has 0 spiro atoms. The van der Waals surface area contributed by atoms with Crippen molar-refractivity contribution in [2.24, 2.45) is 5.92 Å². The fourth-order valence-electron chi connectivity index (χ4n) is 3.51. The van der Waals surface area contributed by atoms with Crippen molar-refractivity contribution in [3.8, 4) is 0 Å². The molecule has 1 aliphatic carbocycles. The Morgan fingerprint density at radius 1 is 1.07 bits per heavy atom. The zero-order chi connectivity index (χ0) is 19.7. The molecule has 6 heteroatoms. The predicted molar refractivity (Wildman–Crippen MR) is 116 cm³/mol. The van der Waals surface area contributed by atoms with Crippen molar-refractivity contribution in [2.45, 2.75) is 24.6 Å². The van der Waals surface area contributed by atoms with E-state index >= 15 is 0 Å². The molecule has 2 aliphatic rings. The molecule has 1 N–H and O–H groups in total. The molecule has 0 radical (unpaired) electrons. The highest BCUT2D eigenvalue weighted by Crippen LogP contribution is 2.42. The largest absolute Gasteiger partial charge is 0.378 e. The Balaban J connectivity index is 1.50. The van der Waals surface area contributed by atoms with Gasteiger partial charge in [-0.15, -0.1) is 11.8 Å². The number of hydrogen-bond acceptors (Lipinski definition) is 4. The lowest BCUT2D eigenvalue weighted by Crippen LogP contribution is -2.28. The lowest BCUT2D eigenvalue weighted by molar-refractivity contribution is -0.122. The topological polar surface area (TPSA) is 52.6 Å². The zero-order valence-corrected chi connectivity index (χ0v) is 17.0. The molecule has 5 nitrogen and oxygen atoms in total. The van der Waals surface area contributed by atoms with Crippen LogP contribution in [0.15, 0.2) is 48.5 Å². The summed E-state index contributed by atoms with van der Waals surface area (Å²) in [6, 6.07) is 15.9. The maximum absolute atomic E-state index is 12.5. The van der Waals surface area contributed by atoms with Gasteiger partial charge in [0.05, 0.1) is 5.75 Å². The molecule has 1 heterocycles. The minimum absolute atomic E-state index is 0.0471. The van der Waals surface area contributed by atoms with Gasteiger partial charge in [0.15, 0.2) is 0 Å². The molecule has 1 saturated heterocycles. The molecule has 28 heavy (non-hydrogen) atoms. The van der Waals surface area contributed by atoms with E-state index in [1.807, 2.05) is 72.4 Å². The summed E-state index contributed by atoms with van der Waals surface area (Å²) in [5, 5.41) is 2.95. The molecule has 4 rings (SSSR count). The van der Waals surface area contributed by atoms with Gasteiger partial charge in [0.25, 0.3) is 0 Å². The number of nitrogens with one attached hydrogen (secondary N) is 1. The van der Waals surface area contributed by atoms with E-state index in [1.165, 1.54) is 0 Å². The monoisotopic (exact) mass is 395 g/mol. The summed E-state index contributed by atoms with van der Waals surface area (Å²) in [6.07, 6.45) is 3.13. The number of anilines is 3. The summed E-state index contributed by atoms with van der Waals surface area (Å²) < 4.78 is 0. The highest BCUT2D eigenvalue weighted by atomic mass is 32.2. The Morgan fingerprint density at radius 2 is 1.75 bits per heavy atom. The SMILES string of the molecule is CN(C)c1ccc(N2C(=O)CS[C@H]2c2ccc(NC(=O)C3CCC3)cc2)cc1. The van der Waals surface area contributed by atoms with Crippen LogP contribution in [0.1, 0.15) is 30.2 Å². The van der Waals surface area contributed by atoms with Crippen LogP contribution in [0.3, 0.4) is 0 Å². The highest BCUT2D eigenvalue weighted by molar-refractivity contribution is 8.00.